The van der Waals surface area contributed by atoms with E-state index in [0.29, 0.717) is 23.1 Å². The molecule has 0 heterocycles. The van der Waals surface area contributed by atoms with Crippen LogP contribution in [0.1, 0.15) is 88.7 Å². The summed E-state index contributed by atoms with van der Waals surface area (Å²) in [7, 11) is 0. The number of hydrogen-bond donors (Lipinski definition) is 0. The largest absolute Gasteiger partial charge is 0.207 e. The first-order valence-corrected chi connectivity index (χ1v) is 12.5. The minimum atomic E-state index is -0.577. The molecule has 0 amide bonds. The second-order valence-electron chi connectivity index (χ2n) is 9.85. The Balaban J connectivity index is 1.37. The molecule has 0 radical (unpaired) electrons. The van der Waals surface area contributed by atoms with Gasteiger partial charge in [0.05, 0.1) is 5.56 Å². The van der Waals surface area contributed by atoms with E-state index in [1.807, 2.05) is 6.08 Å². The summed E-state index contributed by atoms with van der Waals surface area (Å²) in [6.07, 6.45) is 16.6. The zero-order valence-electron chi connectivity index (χ0n) is 19.2. The van der Waals surface area contributed by atoms with Crippen molar-refractivity contribution < 1.29 is 13.2 Å². The Morgan fingerprint density at radius 3 is 2.22 bits per heavy atom. The molecule has 0 atom stereocenters. The van der Waals surface area contributed by atoms with Gasteiger partial charge in [0.1, 0.15) is 17.5 Å². The van der Waals surface area contributed by atoms with Crippen molar-refractivity contribution in [3.63, 3.8) is 0 Å². The lowest BCUT2D eigenvalue weighted by Crippen LogP contribution is -2.15. The molecule has 2 aromatic rings. The molecule has 32 heavy (non-hydrogen) atoms. The molecule has 0 unspecified atom stereocenters. The van der Waals surface area contributed by atoms with E-state index in [9.17, 15) is 8.78 Å². The average Bonchev–Trinajstić information content (AvgIpc) is 2.80. The first-order chi connectivity index (χ1) is 15.5. The summed E-state index contributed by atoms with van der Waals surface area (Å²) >= 11 is 0. The Labute approximate surface area is 190 Å². The van der Waals surface area contributed by atoms with Crippen LogP contribution in [0.25, 0.3) is 17.2 Å². The zero-order chi connectivity index (χ0) is 22.5. The molecule has 2 aromatic carbocycles. The molecule has 2 aliphatic carbocycles. The molecule has 0 aromatic heterocycles. The minimum absolute atomic E-state index is 0.0451. The van der Waals surface area contributed by atoms with Crippen molar-refractivity contribution in [1.29, 1.82) is 0 Å². The molecule has 2 aliphatic rings. The summed E-state index contributed by atoms with van der Waals surface area (Å²) in [6, 6.07) is 6.81. The number of unbranched alkanes of at least 4 members (excludes halogenated alkanes) is 2. The van der Waals surface area contributed by atoms with Gasteiger partial charge in [0.15, 0.2) is 0 Å². The number of hydrogen-bond acceptors (Lipinski definition) is 0. The highest BCUT2D eigenvalue weighted by atomic mass is 19.1. The van der Waals surface area contributed by atoms with Crippen LogP contribution in [-0.4, -0.2) is 0 Å². The van der Waals surface area contributed by atoms with Gasteiger partial charge in [-0.15, -0.1) is 0 Å². The quantitative estimate of drug-likeness (QED) is 0.359. The predicted octanol–water partition coefficient (Wildman–Crippen LogP) is 9.27. The van der Waals surface area contributed by atoms with Crippen molar-refractivity contribution in [2.45, 2.75) is 84.0 Å². The van der Waals surface area contributed by atoms with E-state index in [1.165, 1.54) is 93.7 Å². The van der Waals surface area contributed by atoms with E-state index in [-0.39, 0.29) is 5.56 Å². The van der Waals surface area contributed by atoms with E-state index in [4.69, 9.17) is 0 Å². The Kier molecular flexibility index (Phi) is 7.75. The molecule has 0 saturated heterocycles. The summed E-state index contributed by atoms with van der Waals surface area (Å²) < 4.78 is 43.2. The number of benzene rings is 2. The lowest BCUT2D eigenvalue weighted by Gasteiger charge is -2.29. The molecule has 0 spiro atoms. The number of fused-ring (bicyclic) bond motifs is 1. The number of allylic oxidation sites excluding steroid dienone is 1. The molecule has 0 aliphatic heterocycles. The molecule has 0 N–H and O–H groups in total. The molecular weight excluding hydrogens is 405 g/mol. The fourth-order valence-corrected chi connectivity index (χ4v) is 5.60. The van der Waals surface area contributed by atoms with Crippen LogP contribution in [0, 0.1) is 29.3 Å². The minimum Gasteiger partial charge on any atom is -0.207 e. The Morgan fingerprint density at radius 2 is 1.53 bits per heavy atom. The van der Waals surface area contributed by atoms with Gasteiger partial charge in [0.25, 0.3) is 0 Å². The molecule has 3 heteroatoms. The fraction of sp³-hybridized carbons (Fsp3) is 0.517. The molecule has 1 fully saturated rings. The maximum Gasteiger partial charge on any atom is 0.137 e. The van der Waals surface area contributed by atoms with Crippen LogP contribution < -0.4 is 0 Å². The van der Waals surface area contributed by atoms with Gasteiger partial charge in [-0.1, -0.05) is 82.1 Å². The van der Waals surface area contributed by atoms with Crippen LogP contribution in [0.3, 0.4) is 0 Å². The SMILES string of the molecule is CCCCCC1CCC(CCC2=Cc3cc(F)c(-c4ccc(F)cc4)c(F)c3CC2)CC1. The first kappa shape index (κ1) is 23.1. The van der Waals surface area contributed by atoms with Crippen molar-refractivity contribution in [2.75, 3.05) is 0 Å². The van der Waals surface area contributed by atoms with E-state index in [0.717, 1.165) is 24.7 Å². The normalized spacial score (nSPS) is 20.7. The Morgan fingerprint density at radius 1 is 0.844 bits per heavy atom. The second kappa shape index (κ2) is 10.7. The third-order valence-electron chi connectivity index (χ3n) is 7.60. The van der Waals surface area contributed by atoms with Gasteiger partial charge in [-0.25, -0.2) is 13.2 Å². The summed E-state index contributed by atoms with van der Waals surface area (Å²) in [5.74, 6) is 0.244. The van der Waals surface area contributed by atoms with Gasteiger partial charge in [0, 0.05) is 0 Å². The Bertz CT molecular complexity index is 934. The van der Waals surface area contributed by atoms with Crippen molar-refractivity contribution in [3.8, 4) is 11.1 Å². The summed E-state index contributed by atoms with van der Waals surface area (Å²) in [6.45, 7) is 2.27. The molecule has 0 nitrogen and oxygen atoms in total. The van der Waals surface area contributed by atoms with E-state index >= 15 is 4.39 Å². The highest BCUT2D eigenvalue weighted by Crippen LogP contribution is 2.38. The predicted molar refractivity (Wildman–Crippen MR) is 127 cm³/mol. The van der Waals surface area contributed by atoms with Crippen molar-refractivity contribution in [1.82, 2.24) is 0 Å². The smallest absolute Gasteiger partial charge is 0.137 e. The topological polar surface area (TPSA) is 0 Å². The zero-order valence-corrected chi connectivity index (χ0v) is 19.2. The Hall–Kier alpha value is -2.03. The van der Waals surface area contributed by atoms with Crippen molar-refractivity contribution in [3.05, 3.63) is 64.5 Å². The summed E-state index contributed by atoms with van der Waals surface area (Å²) in [4.78, 5) is 0. The van der Waals surface area contributed by atoms with Crippen molar-refractivity contribution >= 4 is 6.08 Å². The van der Waals surface area contributed by atoms with E-state index in [1.54, 1.807) is 0 Å². The van der Waals surface area contributed by atoms with Gasteiger partial charge >= 0.3 is 0 Å². The third-order valence-corrected chi connectivity index (χ3v) is 7.60. The van der Waals surface area contributed by atoms with Crippen LogP contribution >= 0.6 is 0 Å². The van der Waals surface area contributed by atoms with Crippen LogP contribution in [-0.2, 0) is 6.42 Å². The van der Waals surface area contributed by atoms with Gasteiger partial charge < -0.3 is 0 Å². The standard InChI is InChI=1S/C29H35F3/c1-2-3-4-5-20-6-8-21(9-7-20)10-11-22-12-17-26-24(18-22)19-27(31)28(29(26)32)23-13-15-25(30)16-14-23/h13-16,18-21H,2-12,17H2,1H3. The van der Waals surface area contributed by atoms with Gasteiger partial charge in [0.2, 0.25) is 0 Å². The van der Waals surface area contributed by atoms with E-state index in [2.05, 4.69) is 6.92 Å². The summed E-state index contributed by atoms with van der Waals surface area (Å²) in [5, 5.41) is 0. The lowest BCUT2D eigenvalue weighted by atomic mass is 9.77. The molecular formula is C29H35F3. The maximum atomic E-state index is 15.2. The maximum absolute atomic E-state index is 15.2. The molecule has 1 saturated carbocycles. The van der Waals surface area contributed by atoms with Crippen LogP contribution in [0.2, 0.25) is 0 Å². The number of halogens is 3. The van der Waals surface area contributed by atoms with Crippen LogP contribution in [0.5, 0.6) is 0 Å². The third kappa shape index (κ3) is 5.47. The highest BCUT2D eigenvalue weighted by Gasteiger charge is 2.24. The molecule has 172 valence electrons. The van der Waals surface area contributed by atoms with Crippen molar-refractivity contribution in [2.24, 2.45) is 11.8 Å². The number of rotatable bonds is 8. The average molecular weight is 441 g/mol. The highest BCUT2D eigenvalue weighted by molar-refractivity contribution is 5.71. The van der Waals surface area contributed by atoms with Crippen LogP contribution in [0.15, 0.2) is 35.9 Å². The monoisotopic (exact) mass is 440 g/mol. The van der Waals surface area contributed by atoms with Gasteiger partial charge in [-0.05, 0) is 72.4 Å². The lowest BCUT2D eigenvalue weighted by molar-refractivity contribution is 0.249. The fourth-order valence-electron chi connectivity index (χ4n) is 5.60. The second-order valence-corrected chi connectivity index (χ2v) is 9.85. The van der Waals surface area contributed by atoms with Gasteiger partial charge in [-0.2, -0.15) is 0 Å². The van der Waals surface area contributed by atoms with Gasteiger partial charge in [-0.3, -0.25) is 0 Å². The first-order valence-electron chi connectivity index (χ1n) is 12.5. The van der Waals surface area contributed by atoms with E-state index < -0.39 is 17.5 Å². The summed E-state index contributed by atoms with van der Waals surface area (Å²) in [5.41, 5.74) is 2.91. The van der Waals surface area contributed by atoms with Crippen LogP contribution in [0.4, 0.5) is 13.2 Å². The molecule has 0 bridgehead atoms. The molecule has 4 rings (SSSR count).